The molecule has 34 heavy (non-hydrogen) atoms. The van der Waals surface area contributed by atoms with Gasteiger partial charge in [0.05, 0.1) is 5.75 Å². The van der Waals surface area contributed by atoms with Crippen LogP contribution in [0.25, 0.3) is 10.8 Å². The summed E-state index contributed by atoms with van der Waals surface area (Å²) in [6, 6.07) is 31.2. The number of hydrogen-bond donors (Lipinski definition) is 2. The summed E-state index contributed by atoms with van der Waals surface area (Å²) in [5.41, 5.74) is 1.66. The Kier molecular flexibility index (Phi) is 6.69. The SMILES string of the molecule is O=C(CSc1nnc(Nc2ccc(Oc3ccccc3)cc2)s1)Nc1ccc2ccccc2c1. The van der Waals surface area contributed by atoms with Gasteiger partial charge in [0.1, 0.15) is 11.5 Å². The molecule has 0 unspecified atom stereocenters. The molecule has 0 spiro atoms. The quantitative estimate of drug-likeness (QED) is 0.232. The topological polar surface area (TPSA) is 76.1 Å². The van der Waals surface area contributed by atoms with E-state index in [0.29, 0.717) is 5.13 Å². The van der Waals surface area contributed by atoms with E-state index in [4.69, 9.17) is 4.74 Å². The molecule has 0 bridgehead atoms. The maximum atomic E-state index is 12.4. The van der Waals surface area contributed by atoms with Crippen LogP contribution in [0.3, 0.4) is 0 Å². The summed E-state index contributed by atoms with van der Waals surface area (Å²) < 4.78 is 6.53. The standard InChI is InChI=1S/C26H20N4O2S2/c31-24(27-21-11-10-18-6-4-5-7-19(18)16-21)17-33-26-30-29-25(34-26)28-20-12-14-23(15-13-20)32-22-8-2-1-3-9-22/h1-16H,17H2,(H,27,31)(H,28,29). The third kappa shape index (κ3) is 5.72. The van der Waals surface area contributed by atoms with Gasteiger partial charge in [-0.1, -0.05) is 71.6 Å². The fourth-order valence-electron chi connectivity index (χ4n) is 3.26. The van der Waals surface area contributed by atoms with Gasteiger partial charge in [-0.3, -0.25) is 4.79 Å². The van der Waals surface area contributed by atoms with Gasteiger partial charge in [0.25, 0.3) is 0 Å². The van der Waals surface area contributed by atoms with Crippen molar-refractivity contribution in [3.8, 4) is 11.5 Å². The summed E-state index contributed by atoms with van der Waals surface area (Å²) in [6.07, 6.45) is 0. The summed E-state index contributed by atoms with van der Waals surface area (Å²) >= 11 is 2.76. The number of hydrogen-bond acceptors (Lipinski definition) is 7. The molecule has 8 heteroatoms. The first kappa shape index (κ1) is 21.9. The summed E-state index contributed by atoms with van der Waals surface area (Å²) in [4.78, 5) is 12.4. The number of benzene rings is 4. The number of aromatic nitrogens is 2. The van der Waals surface area contributed by atoms with E-state index in [9.17, 15) is 4.79 Å². The lowest BCUT2D eigenvalue weighted by molar-refractivity contribution is -0.113. The van der Waals surface area contributed by atoms with Crippen LogP contribution in [0.2, 0.25) is 0 Å². The number of amides is 1. The highest BCUT2D eigenvalue weighted by molar-refractivity contribution is 8.01. The van der Waals surface area contributed by atoms with Gasteiger partial charge in [0, 0.05) is 11.4 Å². The first-order chi connectivity index (χ1) is 16.7. The zero-order valence-electron chi connectivity index (χ0n) is 18.0. The molecule has 0 saturated heterocycles. The number of ether oxygens (including phenoxy) is 1. The first-order valence-corrected chi connectivity index (χ1v) is 12.4. The predicted octanol–water partition coefficient (Wildman–Crippen LogP) is 6.96. The van der Waals surface area contributed by atoms with E-state index in [1.807, 2.05) is 97.1 Å². The number of carbonyl (C=O) groups excluding carboxylic acids is 1. The Morgan fingerprint density at radius 1 is 0.794 bits per heavy atom. The van der Waals surface area contributed by atoms with Gasteiger partial charge in [0.15, 0.2) is 4.34 Å². The molecular formula is C26H20N4O2S2. The molecule has 6 nitrogen and oxygen atoms in total. The Morgan fingerprint density at radius 2 is 1.50 bits per heavy atom. The molecule has 0 radical (unpaired) electrons. The van der Waals surface area contributed by atoms with Crippen molar-refractivity contribution in [2.75, 3.05) is 16.4 Å². The second-order valence-electron chi connectivity index (χ2n) is 7.34. The van der Waals surface area contributed by atoms with Crippen molar-refractivity contribution in [3.05, 3.63) is 97.1 Å². The number of thioether (sulfide) groups is 1. The van der Waals surface area contributed by atoms with Crippen LogP contribution in [0.15, 0.2) is 101 Å². The highest BCUT2D eigenvalue weighted by atomic mass is 32.2. The van der Waals surface area contributed by atoms with Gasteiger partial charge < -0.3 is 15.4 Å². The maximum Gasteiger partial charge on any atom is 0.234 e. The maximum absolute atomic E-state index is 12.4. The van der Waals surface area contributed by atoms with E-state index in [1.165, 1.54) is 23.1 Å². The molecule has 168 valence electrons. The summed E-state index contributed by atoms with van der Waals surface area (Å²) in [6.45, 7) is 0. The Hall–Kier alpha value is -3.88. The van der Waals surface area contributed by atoms with Crippen LogP contribution in [0, 0.1) is 0 Å². The van der Waals surface area contributed by atoms with Crippen LogP contribution in [0.1, 0.15) is 0 Å². The number of para-hydroxylation sites is 1. The Morgan fingerprint density at radius 3 is 2.32 bits per heavy atom. The lowest BCUT2D eigenvalue weighted by Crippen LogP contribution is -2.13. The fraction of sp³-hybridized carbons (Fsp3) is 0.0385. The van der Waals surface area contributed by atoms with Gasteiger partial charge in [-0.15, -0.1) is 10.2 Å². The molecule has 1 amide bonds. The van der Waals surface area contributed by atoms with E-state index in [2.05, 4.69) is 20.8 Å². The van der Waals surface area contributed by atoms with Crippen molar-refractivity contribution in [3.63, 3.8) is 0 Å². The summed E-state index contributed by atoms with van der Waals surface area (Å²) in [5.74, 6) is 1.72. The summed E-state index contributed by atoms with van der Waals surface area (Å²) in [5, 5.41) is 17.4. The molecular weight excluding hydrogens is 464 g/mol. The second-order valence-corrected chi connectivity index (χ2v) is 9.54. The van der Waals surface area contributed by atoms with Gasteiger partial charge in [-0.05, 0) is 59.3 Å². The Bertz CT molecular complexity index is 1410. The molecule has 0 fully saturated rings. The fourth-order valence-corrected chi connectivity index (χ4v) is 4.84. The largest absolute Gasteiger partial charge is 0.457 e. The molecule has 5 rings (SSSR count). The van der Waals surface area contributed by atoms with Gasteiger partial charge in [0.2, 0.25) is 11.0 Å². The smallest absolute Gasteiger partial charge is 0.234 e. The number of carbonyl (C=O) groups is 1. The van der Waals surface area contributed by atoms with Crippen molar-refractivity contribution in [1.29, 1.82) is 0 Å². The van der Waals surface area contributed by atoms with E-state index in [0.717, 1.165) is 38.0 Å². The van der Waals surface area contributed by atoms with Crippen LogP contribution < -0.4 is 15.4 Å². The molecule has 0 aliphatic carbocycles. The normalized spacial score (nSPS) is 10.7. The van der Waals surface area contributed by atoms with Crippen molar-refractivity contribution >= 4 is 56.3 Å². The Balaban J connectivity index is 1.12. The first-order valence-electron chi connectivity index (χ1n) is 10.6. The van der Waals surface area contributed by atoms with Crippen LogP contribution in [-0.4, -0.2) is 21.9 Å². The van der Waals surface area contributed by atoms with Crippen molar-refractivity contribution in [1.82, 2.24) is 10.2 Å². The molecule has 1 aromatic heterocycles. The summed E-state index contributed by atoms with van der Waals surface area (Å²) in [7, 11) is 0. The number of nitrogens with one attached hydrogen (secondary N) is 2. The minimum absolute atomic E-state index is 0.0843. The molecule has 2 N–H and O–H groups in total. The highest BCUT2D eigenvalue weighted by Crippen LogP contribution is 2.29. The average molecular weight is 485 g/mol. The number of fused-ring (bicyclic) bond motifs is 1. The van der Waals surface area contributed by atoms with Gasteiger partial charge in [-0.25, -0.2) is 0 Å². The predicted molar refractivity (Wildman–Crippen MR) is 139 cm³/mol. The second kappa shape index (κ2) is 10.4. The third-order valence-corrected chi connectivity index (χ3v) is 6.82. The minimum Gasteiger partial charge on any atom is -0.457 e. The molecule has 5 aromatic rings. The molecule has 0 aliphatic rings. The molecule has 0 atom stereocenters. The van der Waals surface area contributed by atoms with Crippen molar-refractivity contribution in [2.24, 2.45) is 0 Å². The molecule has 0 aliphatic heterocycles. The van der Waals surface area contributed by atoms with E-state index in [-0.39, 0.29) is 11.7 Å². The van der Waals surface area contributed by atoms with E-state index < -0.39 is 0 Å². The van der Waals surface area contributed by atoms with Crippen LogP contribution in [0.4, 0.5) is 16.5 Å². The molecule has 4 aromatic carbocycles. The van der Waals surface area contributed by atoms with Gasteiger partial charge in [-0.2, -0.15) is 0 Å². The van der Waals surface area contributed by atoms with Gasteiger partial charge >= 0.3 is 0 Å². The molecule has 0 saturated carbocycles. The molecule has 1 heterocycles. The lowest BCUT2D eigenvalue weighted by atomic mass is 10.1. The highest BCUT2D eigenvalue weighted by Gasteiger charge is 2.09. The van der Waals surface area contributed by atoms with Crippen molar-refractivity contribution < 1.29 is 9.53 Å². The van der Waals surface area contributed by atoms with Crippen LogP contribution >= 0.6 is 23.1 Å². The number of rotatable bonds is 8. The Labute approximate surface area is 205 Å². The number of anilines is 3. The lowest BCUT2D eigenvalue weighted by Gasteiger charge is -2.07. The average Bonchev–Trinajstić information content (AvgIpc) is 3.32. The van der Waals surface area contributed by atoms with Crippen LogP contribution in [0.5, 0.6) is 11.5 Å². The van der Waals surface area contributed by atoms with Crippen LogP contribution in [-0.2, 0) is 4.79 Å². The number of nitrogens with zero attached hydrogens (tertiary/aromatic N) is 2. The zero-order chi connectivity index (χ0) is 23.2. The van der Waals surface area contributed by atoms with Crippen molar-refractivity contribution in [2.45, 2.75) is 4.34 Å². The zero-order valence-corrected chi connectivity index (χ0v) is 19.6. The monoisotopic (exact) mass is 484 g/mol. The third-order valence-electron chi connectivity index (χ3n) is 4.85. The minimum atomic E-state index is -0.0843. The van der Waals surface area contributed by atoms with E-state index >= 15 is 0 Å². The van der Waals surface area contributed by atoms with E-state index in [1.54, 1.807) is 0 Å².